The molecule has 0 unspecified atom stereocenters. The van der Waals surface area contributed by atoms with Crippen molar-refractivity contribution in [3.8, 4) is 34.6 Å². The van der Waals surface area contributed by atoms with Crippen molar-refractivity contribution >= 4 is 11.4 Å². The minimum atomic E-state index is 0.371. The maximum Gasteiger partial charge on any atom is 0.197 e. The molecule has 8 nitrogen and oxygen atoms in total. The normalized spacial score (nSPS) is 10.4. The van der Waals surface area contributed by atoms with Gasteiger partial charge in [0.2, 0.25) is 0 Å². The summed E-state index contributed by atoms with van der Waals surface area (Å²) in [5.41, 5.74) is 12.7. The van der Waals surface area contributed by atoms with Crippen LogP contribution in [0.25, 0.3) is 11.6 Å². The van der Waals surface area contributed by atoms with Gasteiger partial charge in [-0.2, -0.15) is 0 Å². The molecule has 0 aliphatic heterocycles. The van der Waals surface area contributed by atoms with E-state index in [2.05, 4.69) is 19.9 Å². The first-order valence-corrected chi connectivity index (χ1v) is 8.37. The SMILES string of the molecule is Nc1cccc(Oc2cnc(-c3ncc(Oc4cccc(N)c4)cn3)nc2)c1. The Hall–Kier alpha value is -4.20. The molecule has 8 heteroatoms. The van der Waals surface area contributed by atoms with Crippen LogP contribution in [0.5, 0.6) is 23.0 Å². The van der Waals surface area contributed by atoms with Gasteiger partial charge < -0.3 is 20.9 Å². The summed E-state index contributed by atoms with van der Waals surface area (Å²) in [4.78, 5) is 17.0. The molecule has 2 aromatic carbocycles. The lowest BCUT2D eigenvalue weighted by atomic mass is 10.3. The second-order valence-corrected chi connectivity index (χ2v) is 5.83. The van der Waals surface area contributed by atoms with Crippen LogP contribution in [0.4, 0.5) is 11.4 Å². The third kappa shape index (κ3) is 4.13. The fourth-order valence-corrected chi connectivity index (χ4v) is 2.40. The molecule has 0 fully saturated rings. The van der Waals surface area contributed by atoms with Gasteiger partial charge in [0.25, 0.3) is 0 Å². The van der Waals surface area contributed by atoms with Crippen molar-refractivity contribution in [1.29, 1.82) is 0 Å². The van der Waals surface area contributed by atoms with Crippen molar-refractivity contribution in [2.24, 2.45) is 0 Å². The maximum atomic E-state index is 5.74. The first kappa shape index (κ1) is 17.2. The van der Waals surface area contributed by atoms with Gasteiger partial charge in [-0.1, -0.05) is 12.1 Å². The molecule has 0 saturated heterocycles. The Labute approximate surface area is 160 Å². The van der Waals surface area contributed by atoms with E-state index in [1.54, 1.807) is 73.3 Å². The molecular formula is C20H16N6O2. The van der Waals surface area contributed by atoms with E-state index in [1.807, 2.05) is 0 Å². The summed E-state index contributed by atoms with van der Waals surface area (Å²) in [7, 11) is 0. The summed E-state index contributed by atoms with van der Waals surface area (Å²) in [5.74, 6) is 2.92. The predicted molar refractivity (Wildman–Crippen MR) is 105 cm³/mol. The lowest BCUT2D eigenvalue weighted by Gasteiger charge is -2.07. The molecule has 0 bridgehead atoms. The van der Waals surface area contributed by atoms with E-state index >= 15 is 0 Å². The molecule has 4 rings (SSSR count). The van der Waals surface area contributed by atoms with Crippen LogP contribution in [0, 0.1) is 0 Å². The van der Waals surface area contributed by atoms with Crippen molar-refractivity contribution in [2.75, 3.05) is 11.5 Å². The first-order chi connectivity index (χ1) is 13.7. The Balaban J connectivity index is 1.45. The van der Waals surface area contributed by atoms with Crippen LogP contribution in [0.15, 0.2) is 73.3 Å². The summed E-state index contributed by atoms with van der Waals surface area (Å²) in [6.45, 7) is 0. The average Bonchev–Trinajstić information content (AvgIpc) is 2.69. The molecule has 4 aromatic rings. The second-order valence-electron chi connectivity index (χ2n) is 5.83. The number of nitrogens with two attached hydrogens (primary N) is 2. The van der Waals surface area contributed by atoms with E-state index < -0.39 is 0 Å². The van der Waals surface area contributed by atoms with Gasteiger partial charge in [0.05, 0.1) is 24.8 Å². The molecule has 4 N–H and O–H groups in total. The monoisotopic (exact) mass is 372 g/mol. The molecule has 0 saturated carbocycles. The standard InChI is InChI=1S/C20H16N6O2/c21-13-3-1-5-15(7-13)27-17-9-23-19(24-10-17)20-25-11-18(12-26-20)28-16-6-2-4-14(22)8-16/h1-12H,21-22H2. The van der Waals surface area contributed by atoms with Crippen LogP contribution >= 0.6 is 0 Å². The highest BCUT2D eigenvalue weighted by atomic mass is 16.5. The number of nitrogen functional groups attached to an aromatic ring is 2. The van der Waals surface area contributed by atoms with Gasteiger partial charge in [-0.15, -0.1) is 0 Å². The zero-order valence-corrected chi connectivity index (χ0v) is 14.7. The van der Waals surface area contributed by atoms with Crippen LogP contribution in [0.3, 0.4) is 0 Å². The third-order valence-corrected chi connectivity index (χ3v) is 3.64. The van der Waals surface area contributed by atoms with Crippen molar-refractivity contribution in [1.82, 2.24) is 19.9 Å². The van der Waals surface area contributed by atoms with E-state index in [1.165, 1.54) is 0 Å². The Kier molecular flexibility index (Phi) is 4.67. The van der Waals surface area contributed by atoms with Gasteiger partial charge in [-0.05, 0) is 24.3 Å². The lowest BCUT2D eigenvalue weighted by molar-refractivity contribution is 0.476. The Morgan fingerprint density at radius 3 is 1.29 bits per heavy atom. The highest BCUT2D eigenvalue weighted by Crippen LogP contribution is 2.24. The highest BCUT2D eigenvalue weighted by molar-refractivity contribution is 5.47. The highest BCUT2D eigenvalue weighted by Gasteiger charge is 2.07. The van der Waals surface area contributed by atoms with Gasteiger partial charge >= 0.3 is 0 Å². The Bertz CT molecular complexity index is 995. The van der Waals surface area contributed by atoms with Gasteiger partial charge in [-0.25, -0.2) is 19.9 Å². The van der Waals surface area contributed by atoms with Gasteiger partial charge in [0, 0.05) is 23.5 Å². The molecule has 0 spiro atoms. The maximum absolute atomic E-state index is 5.74. The average molecular weight is 372 g/mol. The molecular weight excluding hydrogens is 356 g/mol. The van der Waals surface area contributed by atoms with E-state index in [4.69, 9.17) is 20.9 Å². The van der Waals surface area contributed by atoms with Crippen LogP contribution in [-0.2, 0) is 0 Å². The molecule has 0 radical (unpaired) electrons. The van der Waals surface area contributed by atoms with E-state index in [0.29, 0.717) is 46.0 Å². The number of hydrogen-bond donors (Lipinski definition) is 2. The lowest BCUT2D eigenvalue weighted by Crippen LogP contribution is -1.96. The number of aromatic nitrogens is 4. The number of rotatable bonds is 5. The largest absolute Gasteiger partial charge is 0.454 e. The quantitative estimate of drug-likeness (QED) is 0.509. The second kappa shape index (κ2) is 7.58. The smallest absolute Gasteiger partial charge is 0.197 e. The van der Waals surface area contributed by atoms with E-state index in [-0.39, 0.29) is 0 Å². The van der Waals surface area contributed by atoms with Crippen molar-refractivity contribution < 1.29 is 9.47 Å². The summed E-state index contributed by atoms with van der Waals surface area (Å²) in [6, 6.07) is 14.2. The minimum Gasteiger partial charge on any atom is -0.454 e. The Morgan fingerprint density at radius 1 is 0.536 bits per heavy atom. The van der Waals surface area contributed by atoms with Crippen LogP contribution in [0.2, 0.25) is 0 Å². The topological polar surface area (TPSA) is 122 Å². The number of benzene rings is 2. The fourth-order valence-electron chi connectivity index (χ4n) is 2.40. The first-order valence-electron chi connectivity index (χ1n) is 8.37. The minimum absolute atomic E-state index is 0.371. The van der Waals surface area contributed by atoms with Crippen molar-refractivity contribution in [2.45, 2.75) is 0 Å². The molecule has 2 heterocycles. The number of ether oxygens (including phenoxy) is 2. The molecule has 2 aromatic heterocycles. The molecule has 0 aliphatic rings. The van der Waals surface area contributed by atoms with Gasteiger partial charge in [0.1, 0.15) is 11.5 Å². The number of hydrogen-bond acceptors (Lipinski definition) is 8. The summed E-state index contributed by atoms with van der Waals surface area (Å²) < 4.78 is 11.3. The molecule has 138 valence electrons. The van der Waals surface area contributed by atoms with Crippen molar-refractivity contribution in [3.05, 3.63) is 73.3 Å². The van der Waals surface area contributed by atoms with Gasteiger partial charge in [0.15, 0.2) is 23.1 Å². The molecule has 0 amide bonds. The fraction of sp³-hybridized carbons (Fsp3) is 0. The van der Waals surface area contributed by atoms with Crippen LogP contribution < -0.4 is 20.9 Å². The van der Waals surface area contributed by atoms with E-state index in [0.717, 1.165) is 0 Å². The summed E-state index contributed by atoms with van der Waals surface area (Å²) >= 11 is 0. The van der Waals surface area contributed by atoms with E-state index in [9.17, 15) is 0 Å². The number of anilines is 2. The summed E-state index contributed by atoms with van der Waals surface area (Å²) in [5, 5.41) is 0. The van der Waals surface area contributed by atoms with Crippen LogP contribution in [-0.4, -0.2) is 19.9 Å². The predicted octanol–water partition coefficient (Wildman–Crippen LogP) is 3.68. The zero-order valence-electron chi connectivity index (χ0n) is 14.7. The van der Waals surface area contributed by atoms with Crippen molar-refractivity contribution in [3.63, 3.8) is 0 Å². The third-order valence-electron chi connectivity index (χ3n) is 3.64. The van der Waals surface area contributed by atoms with Gasteiger partial charge in [-0.3, -0.25) is 0 Å². The molecule has 28 heavy (non-hydrogen) atoms. The van der Waals surface area contributed by atoms with Crippen LogP contribution in [0.1, 0.15) is 0 Å². The molecule has 0 atom stereocenters. The molecule has 0 aliphatic carbocycles. The summed E-state index contributed by atoms with van der Waals surface area (Å²) in [6.07, 6.45) is 6.19. The zero-order chi connectivity index (χ0) is 19.3. The number of nitrogens with zero attached hydrogens (tertiary/aromatic N) is 4. The Morgan fingerprint density at radius 2 is 0.929 bits per heavy atom.